The molecule has 0 atom stereocenters. The first-order chi connectivity index (χ1) is 9.63. The Morgan fingerprint density at radius 2 is 1.75 bits per heavy atom. The molecule has 0 saturated carbocycles. The standard InChI is InChI=1S/C15H12F2N2S/c1-19-18-15(10-2-5-12(16)6-3-10)14-8-13(17)7-4-11(14)9-20-19/h2-8H,9H2,1H3. The van der Waals surface area contributed by atoms with Crippen molar-refractivity contribution in [3.05, 3.63) is 70.8 Å². The van der Waals surface area contributed by atoms with Crippen molar-refractivity contribution < 1.29 is 8.78 Å². The van der Waals surface area contributed by atoms with Crippen molar-refractivity contribution in [3.8, 4) is 0 Å². The molecule has 3 rings (SSSR count). The Morgan fingerprint density at radius 1 is 1.05 bits per heavy atom. The van der Waals surface area contributed by atoms with Gasteiger partial charge < -0.3 is 0 Å². The van der Waals surface area contributed by atoms with Crippen molar-refractivity contribution in [2.24, 2.45) is 5.10 Å². The normalized spacial score (nSPS) is 14.6. The van der Waals surface area contributed by atoms with Crippen molar-refractivity contribution in [2.45, 2.75) is 5.75 Å². The summed E-state index contributed by atoms with van der Waals surface area (Å²) < 4.78 is 28.3. The Morgan fingerprint density at radius 3 is 2.50 bits per heavy atom. The quantitative estimate of drug-likeness (QED) is 0.742. The minimum atomic E-state index is -0.301. The SMILES string of the molecule is CN1N=C(c2ccc(F)cc2)c2cc(F)ccc2CS1. The zero-order valence-corrected chi connectivity index (χ0v) is 11.6. The molecule has 0 unspecified atom stereocenters. The van der Waals surface area contributed by atoms with Crippen LogP contribution in [0.25, 0.3) is 0 Å². The molecule has 0 fully saturated rings. The Bertz CT molecular complexity index is 668. The van der Waals surface area contributed by atoms with Gasteiger partial charge >= 0.3 is 0 Å². The lowest BCUT2D eigenvalue weighted by Gasteiger charge is -2.10. The molecule has 0 saturated heterocycles. The van der Waals surface area contributed by atoms with E-state index in [2.05, 4.69) is 5.10 Å². The fourth-order valence-electron chi connectivity index (χ4n) is 2.10. The summed E-state index contributed by atoms with van der Waals surface area (Å²) in [4.78, 5) is 0. The Labute approximate surface area is 120 Å². The largest absolute Gasteiger partial charge is 0.241 e. The van der Waals surface area contributed by atoms with Gasteiger partial charge in [-0.2, -0.15) is 5.10 Å². The van der Waals surface area contributed by atoms with Crippen molar-refractivity contribution >= 4 is 17.7 Å². The predicted octanol–water partition coefficient (Wildman–Crippen LogP) is 3.81. The van der Waals surface area contributed by atoms with Crippen LogP contribution in [0, 0.1) is 11.6 Å². The van der Waals surface area contributed by atoms with Gasteiger partial charge in [-0.25, -0.2) is 13.2 Å². The highest BCUT2D eigenvalue weighted by molar-refractivity contribution is 7.96. The van der Waals surface area contributed by atoms with E-state index < -0.39 is 0 Å². The van der Waals surface area contributed by atoms with Crippen LogP contribution >= 0.6 is 11.9 Å². The van der Waals surface area contributed by atoms with Crippen LogP contribution in [0.3, 0.4) is 0 Å². The van der Waals surface area contributed by atoms with Crippen molar-refractivity contribution in [1.82, 2.24) is 4.41 Å². The molecule has 0 spiro atoms. The molecule has 1 aliphatic heterocycles. The number of halogens is 2. The molecule has 2 aromatic rings. The van der Waals surface area contributed by atoms with Crippen molar-refractivity contribution in [3.63, 3.8) is 0 Å². The number of fused-ring (bicyclic) bond motifs is 1. The number of hydrazone groups is 1. The first-order valence-electron chi connectivity index (χ1n) is 6.13. The van der Waals surface area contributed by atoms with Gasteiger partial charge in [0.2, 0.25) is 0 Å². The minimum absolute atomic E-state index is 0.298. The van der Waals surface area contributed by atoms with Crippen LogP contribution in [0.15, 0.2) is 47.6 Å². The summed E-state index contributed by atoms with van der Waals surface area (Å²) in [5.74, 6) is 0.124. The van der Waals surface area contributed by atoms with Crippen LogP contribution in [0.4, 0.5) is 8.78 Å². The van der Waals surface area contributed by atoms with Crippen LogP contribution in [0.1, 0.15) is 16.7 Å². The Kier molecular flexibility index (Phi) is 3.44. The number of benzene rings is 2. The monoisotopic (exact) mass is 290 g/mol. The van der Waals surface area contributed by atoms with E-state index in [0.717, 1.165) is 22.4 Å². The topological polar surface area (TPSA) is 15.6 Å². The van der Waals surface area contributed by atoms with Gasteiger partial charge in [-0.15, -0.1) is 0 Å². The van der Waals surface area contributed by atoms with Gasteiger partial charge in [0, 0.05) is 23.9 Å². The molecule has 5 heteroatoms. The van der Waals surface area contributed by atoms with E-state index in [1.165, 1.54) is 36.2 Å². The summed E-state index contributed by atoms with van der Waals surface area (Å²) in [6, 6.07) is 10.8. The van der Waals surface area contributed by atoms with E-state index in [0.29, 0.717) is 5.71 Å². The third kappa shape index (κ3) is 2.54. The smallest absolute Gasteiger partial charge is 0.123 e. The van der Waals surface area contributed by atoms with Crippen LogP contribution in [0.2, 0.25) is 0 Å². The molecule has 102 valence electrons. The molecule has 0 amide bonds. The molecule has 1 heterocycles. The maximum absolute atomic E-state index is 13.5. The van der Waals surface area contributed by atoms with Gasteiger partial charge in [0.15, 0.2) is 0 Å². The highest BCUT2D eigenvalue weighted by atomic mass is 32.2. The highest BCUT2D eigenvalue weighted by Gasteiger charge is 2.18. The first kappa shape index (κ1) is 13.1. The molecule has 0 aliphatic carbocycles. The van der Waals surface area contributed by atoms with Crippen molar-refractivity contribution in [2.75, 3.05) is 7.05 Å². The summed E-state index contributed by atoms with van der Waals surface area (Å²) in [6.07, 6.45) is 0. The van der Waals surface area contributed by atoms with E-state index >= 15 is 0 Å². The average Bonchev–Trinajstić information content (AvgIpc) is 2.59. The number of rotatable bonds is 1. The van der Waals surface area contributed by atoms with Crippen molar-refractivity contribution in [1.29, 1.82) is 0 Å². The first-order valence-corrected chi connectivity index (χ1v) is 7.08. The van der Waals surface area contributed by atoms with Gasteiger partial charge in [-0.1, -0.05) is 6.07 Å². The summed E-state index contributed by atoms with van der Waals surface area (Å²) in [6.45, 7) is 0. The lowest BCUT2D eigenvalue weighted by atomic mass is 9.98. The van der Waals surface area contributed by atoms with Gasteiger partial charge in [-0.05, 0) is 53.9 Å². The molecule has 2 aromatic carbocycles. The summed E-state index contributed by atoms with van der Waals surface area (Å²) in [5, 5.41) is 4.48. The predicted molar refractivity (Wildman–Crippen MR) is 77.5 cm³/mol. The number of hydrogen-bond donors (Lipinski definition) is 0. The van der Waals surface area contributed by atoms with Crippen LogP contribution in [-0.4, -0.2) is 17.2 Å². The lowest BCUT2D eigenvalue weighted by Crippen LogP contribution is -2.09. The minimum Gasteiger partial charge on any atom is -0.241 e. The molecule has 0 radical (unpaired) electrons. The maximum atomic E-state index is 13.5. The average molecular weight is 290 g/mol. The molecular formula is C15H12F2N2S. The van der Waals surface area contributed by atoms with E-state index in [4.69, 9.17) is 0 Å². The van der Waals surface area contributed by atoms with Gasteiger partial charge in [0.25, 0.3) is 0 Å². The second-order valence-electron chi connectivity index (χ2n) is 4.49. The van der Waals surface area contributed by atoms with E-state index in [1.54, 1.807) is 22.6 Å². The van der Waals surface area contributed by atoms with E-state index in [1.807, 2.05) is 7.05 Å². The number of nitrogens with zero attached hydrogens (tertiary/aromatic N) is 2. The molecule has 0 aromatic heterocycles. The molecule has 20 heavy (non-hydrogen) atoms. The summed E-state index contributed by atoms with van der Waals surface area (Å²) in [7, 11) is 1.84. The van der Waals surface area contributed by atoms with Crippen LogP contribution in [-0.2, 0) is 5.75 Å². The summed E-state index contributed by atoms with van der Waals surface area (Å²) in [5.41, 5.74) is 3.21. The Hall–Kier alpha value is -1.88. The fourth-order valence-corrected chi connectivity index (χ4v) is 2.82. The van der Waals surface area contributed by atoms with E-state index in [9.17, 15) is 8.78 Å². The van der Waals surface area contributed by atoms with Gasteiger partial charge in [0.1, 0.15) is 11.6 Å². The third-order valence-electron chi connectivity index (χ3n) is 3.09. The highest BCUT2D eigenvalue weighted by Crippen LogP contribution is 2.27. The molecular weight excluding hydrogens is 278 g/mol. The molecule has 0 N–H and O–H groups in total. The van der Waals surface area contributed by atoms with Gasteiger partial charge in [-0.3, -0.25) is 0 Å². The van der Waals surface area contributed by atoms with Crippen LogP contribution < -0.4 is 0 Å². The third-order valence-corrected chi connectivity index (χ3v) is 3.99. The Balaban J connectivity index is 2.16. The number of hydrogen-bond acceptors (Lipinski definition) is 3. The lowest BCUT2D eigenvalue weighted by molar-refractivity contribution is 0.616. The molecule has 1 aliphatic rings. The summed E-state index contributed by atoms with van der Waals surface area (Å²) >= 11 is 1.54. The second kappa shape index (κ2) is 5.25. The maximum Gasteiger partial charge on any atom is 0.123 e. The second-order valence-corrected chi connectivity index (χ2v) is 5.57. The zero-order chi connectivity index (χ0) is 14.1. The fraction of sp³-hybridized carbons (Fsp3) is 0.133. The molecule has 0 bridgehead atoms. The zero-order valence-electron chi connectivity index (χ0n) is 10.8. The van der Waals surface area contributed by atoms with E-state index in [-0.39, 0.29) is 11.6 Å². The van der Waals surface area contributed by atoms with Gasteiger partial charge in [0.05, 0.1) is 5.71 Å². The van der Waals surface area contributed by atoms with Crippen LogP contribution in [0.5, 0.6) is 0 Å². The molecule has 2 nitrogen and oxygen atoms in total.